The van der Waals surface area contributed by atoms with E-state index in [0.717, 1.165) is 11.3 Å². The second-order valence-corrected chi connectivity index (χ2v) is 5.71. The molecule has 6 nitrogen and oxygen atoms in total. The Morgan fingerprint density at radius 2 is 2.09 bits per heavy atom. The minimum absolute atomic E-state index is 0.111. The van der Waals surface area contributed by atoms with Gasteiger partial charge in [0.05, 0.1) is 29.0 Å². The van der Waals surface area contributed by atoms with Crippen LogP contribution in [0.4, 0.5) is 0 Å². The Hall–Kier alpha value is -2.09. The van der Waals surface area contributed by atoms with E-state index >= 15 is 0 Å². The molecule has 0 bridgehead atoms. The topological polar surface area (TPSA) is 83.7 Å². The van der Waals surface area contributed by atoms with Crippen LogP contribution in [-0.4, -0.2) is 28.3 Å². The van der Waals surface area contributed by atoms with Gasteiger partial charge < -0.3 is 4.55 Å². The molecule has 3 rings (SSSR count). The molecule has 0 fully saturated rings. The lowest BCUT2D eigenvalue weighted by Crippen LogP contribution is -2.00. The van der Waals surface area contributed by atoms with Gasteiger partial charge in [-0.25, -0.2) is 4.98 Å². The van der Waals surface area contributed by atoms with Crippen LogP contribution in [0.2, 0.25) is 5.15 Å². The highest BCUT2D eigenvalue weighted by Crippen LogP contribution is 2.28. The van der Waals surface area contributed by atoms with Gasteiger partial charge in [0.25, 0.3) is 0 Å². The summed E-state index contributed by atoms with van der Waals surface area (Å²) in [5, 5.41) is 0.359. The van der Waals surface area contributed by atoms with E-state index < -0.39 is 11.1 Å². The molecular formula is C14H10ClN4O2S-. The molecule has 0 saturated carbocycles. The zero-order valence-corrected chi connectivity index (χ0v) is 12.8. The molecule has 8 heteroatoms. The van der Waals surface area contributed by atoms with Crippen molar-refractivity contribution in [3.8, 4) is 16.9 Å². The van der Waals surface area contributed by atoms with E-state index in [-0.39, 0.29) is 5.75 Å². The molecule has 0 amide bonds. The molecule has 22 heavy (non-hydrogen) atoms. The predicted molar refractivity (Wildman–Crippen MR) is 82.2 cm³/mol. The van der Waals surface area contributed by atoms with Gasteiger partial charge in [0.2, 0.25) is 0 Å². The average molecular weight is 334 g/mol. The van der Waals surface area contributed by atoms with Gasteiger partial charge in [0.15, 0.2) is 5.15 Å². The fraction of sp³-hybridized carbons (Fsp3) is 0.0714. The van der Waals surface area contributed by atoms with Crippen molar-refractivity contribution >= 4 is 22.7 Å². The first-order valence-corrected chi connectivity index (χ1v) is 7.92. The van der Waals surface area contributed by atoms with Crippen LogP contribution in [0.25, 0.3) is 16.9 Å². The normalized spacial score (nSPS) is 12.3. The molecule has 3 aromatic heterocycles. The Bertz CT molecular complexity index is 805. The van der Waals surface area contributed by atoms with Gasteiger partial charge in [-0.05, 0) is 35.3 Å². The third-order valence-electron chi connectivity index (χ3n) is 3.01. The second kappa shape index (κ2) is 6.35. The van der Waals surface area contributed by atoms with Crippen LogP contribution in [0.5, 0.6) is 0 Å². The summed E-state index contributed by atoms with van der Waals surface area (Å²) in [6.07, 6.45) is 6.55. The van der Waals surface area contributed by atoms with Crippen molar-refractivity contribution in [2.45, 2.75) is 5.75 Å². The van der Waals surface area contributed by atoms with Crippen LogP contribution in [0.3, 0.4) is 0 Å². The van der Waals surface area contributed by atoms with E-state index in [2.05, 4.69) is 15.0 Å². The molecule has 0 aliphatic carbocycles. The van der Waals surface area contributed by atoms with E-state index in [1.165, 1.54) is 0 Å². The van der Waals surface area contributed by atoms with E-state index in [0.29, 0.717) is 16.5 Å². The van der Waals surface area contributed by atoms with Crippen molar-refractivity contribution in [1.82, 2.24) is 19.5 Å². The summed E-state index contributed by atoms with van der Waals surface area (Å²) in [5.41, 5.74) is 2.75. The SMILES string of the molecule is O=S([O-])Cc1ccc(-n2cnc(Cl)c2-c2cccnc2)cn1. The minimum Gasteiger partial charge on any atom is -0.772 e. The van der Waals surface area contributed by atoms with Gasteiger partial charge >= 0.3 is 0 Å². The Kier molecular flexibility index (Phi) is 4.28. The largest absolute Gasteiger partial charge is 0.772 e. The molecule has 0 radical (unpaired) electrons. The zero-order chi connectivity index (χ0) is 15.5. The molecule has 0 saturated heterocycles. The fourth-order valence-electron chi connectivity index (χ4n) is 2.05. The molecule has 0 N–H and O–H groups in total. The van der Waals surface area contributed by atoms with Crippen LogP contribution in [0.15, 0.2) is 49.2 Å². The lowest BCUT2D eigenvalue weighted by molar-refractivity contribution is 0.535. The van der Waals surface area contributed by atoms with Crippen LogP contribution in [0, 0.1) is 0 Å². The number of pyridine rings is 2. The standard InChI is InChI=1S/C14H11ClN4O2S/c15-14-13(10-2-1-5-16-6-10)19(9-18-14)12-4-3-11(17-7-12)8-22(20)21/h1-7,9H,8H2,(H,20,21)/p-1. The molecule has 0 aromatic carbocycles. The number of imidazole rings is 1. The highest BCUT2D eigenvalue weighted by Gasteiger charge is 2.13. The maximum Gasteiger partial charge on any atom is 0.155 e. The quantitative estimate of drug-likeness (QED) is 0.684. The second-order valence-electron chi connectivity index (χ2n) is 4.45. The Balaban J connectivity index is 2.01. The molecule has 3 aromatic rings. The van der Waals surface area contributed by atoms with Gasteiger partial charge in [-0.2, -0.15) is 0 Å². The van der Waals surface area contributed by atoms with Crippen molar-refractivity contribution in [3.63, 3.8) is 0 Å². The molecule has 112 valence electrons. The smallest absolute Gasteiger partial charge is 0.155 e. The molecule has 3 heterocycles. The number of aromatic nitrogens is 4. The summed E-state index contributed by atoms with van der Waals surface area (Å²) in [4.78, 5) is 12.3. The van der Waals surface area contributed by atoms with Gasteiger partial charge in [0, 0.05) is 18.0 Å². The number of rotatable bonds is 4. The number of halogens is 1. The van der Waals surface area contributed by atoms with Crippen LogP contribution >= 0.6 is 11.6 Å². The Labute approximate surface area is 134 Å². The van der Waals surface area contributed by atoms with E-state index in [9.17, 15) is 8.76 Å². The molecule has 1 unspecified atom stereocenters. The predicted octanol–water partition coefficient (Wildman–Crippen LogP) is 2.36. The summed E-state index contributed by atoms with van der Waals surface area (Å²) in [7, 11) is 0. The van der Waals surface area contributed by atoms with Gasteiger partial charge in [0.1, 0.15) is 6.33 Å². The average Bonchev–Trinajstić information content (AvgIpc) is 2.90. The van der Waals surface area contributed by atoms with E-state index in [4.69, 9.17) is 11.6 Å². The highest BCUT2D eigenvalue weighted by molar-refractivity contribution is 7.78. The van der Waals surface area contributed by atoms with Crippen molar-refractivity contribution in [2.24, 2.45) is 0 Å². The first kappa shape index (κ1) is 14.8. The monoisotopic (exact) mass is 333 g/mol. The molecule has 1 atom stereocenters. The molecule has 0 aliphatic heterocycles. The molecule has 0 aliphatic rings. The number of hydrogen-bond donors (Lipinski definition) is 0. The van der Waals surface area contributed by atoms with Crippen LogP contribution < -0.4 is 0 Å². The van der Waals surface area contributed by atoms with E-state index in [1.54, 1.807) is 41.6 Å². The summed E-state index contributed by atoms with van der Waals surface area (Å²) in [5.74, 6) is -0.111. The molecular weight excluding hydrogens is 324 g/mol. The Morgan fingerprint density at radius 3 is 2.73 bits per heavy atom. The Morgan fingerprint density at radius 1 is 1.23 bits per heavy atom. The maximum atomic E-state index is 10.7. The van der Waals surface area contributed by atoms with Gasteiger partial charge in [-0.3, -0.25) is 18.7 Å². The first-order chi connectivity index (χ1) is 10.6. The van der Waals surface area contributed by atoms with Crippen molar-refractivity contribution in [1.29, 1.82) is 0 Å². The van der Waals surface area contributed by atoms with Gasteiger partial charge in [-0.15, -0.1) is 0 Å². The lowest BCUT2D eigenvalue weighted by atomic mass is 10.2. The minimum atomic E-state index is -2.16. The van der Waals surface area contributed by atoms with Crippen LogP contribution in [0.1, 0.15) is 5.69 Å². The first-order valence-electron chi connectivity index (χ1n) is 6.29. The maximum absolute atomic E-state index is 10.7. The van der Waals surface area contributed by atoms with Crippen molar-refractivity contribution < 1.29 is 8.76 Å². The highest BCUT2D eigenvalue weighted by atomic mass is 35.5. The summed E-state index contributed by atoms with van der Waals surface area (Å²) in [6, 6.07) is 7.13. The summed E-state index contributed by atoms with van der Waals surface area (Å²) >= 11 is 4.01. The lowest BCUT2D eigenvalue weighted by Gasteiger charge is -2.09. The summed E-state index contributed by atoms with van der Waals surface area (Å²) < 4.78 is 23.2. The zero-order valence-electron chi connectivity index (χ0n) is 11.2. The third-order valence-corrected chi connectivity index (χ3v) is 3.82. The number of hydrogen-bond acceptors (Lipinski definition) is 5. The number of nitrogens with zero attached hydrogens (tertiary/aromatic N) is 4. The van der Waals surface area contributed by atoms with E-state index in [1.807, 2.05) is 12.1 Å². The fourth-order valence-corrected chi connectivity index (χ4v) is 2.70. The van der Waals surface area contributed by atoms with Gasteiger partial charge in [-0.1, -0.05) is 11.6 Å². The third kappa shape index (κ3) is 3.06. The molecule has 0 spiro atoms. The van der Waals surface area contributed by atoms with Crippen molar-refractivity contribution in [2.75, 3.05) is 0 Å². The van der Waals surface area contributed by atoms with Crippen molar-refractivity contribution in [3.05, 3.63) is 60.0 Å². The van der Waals surface area contributed by atoms with Crippen LogP contribution in [-0.2, 0) is 16.8 Å². The summed E-state index contributed by atoms with van der Waals surface area (Å²) in [6.45, 7) is 0.